The van der Waals surface area contributed by atoms with Crippen molar-refractivity contribution in [3.63, 3.8) is 0 Å². The first-order valence-electron chi connectivity index (χ1n) is 3.28. The molecule has 0 saturated carbocycles. The molecule has 0 spiro atoms. The van der Waals surface area contributed by atoms with Crippen molar-refractivity contribution in [1.29, 1.82) is 0 Å². The van der Waals surface area contributed by atoms with Crippen molar-refractivity contribution < 1.29 is 14.5 Å². The first-order valence-corrected chi connectivity index (χ1v) is 3.28. The van der Waals surface area contributed by atoms with E-state index in [1.54, 1.807) is 0 Å². The maximum atomic E-state index is 10.9. The van der Waals surface area contributed by atoms with Crippen LogP contribution >= 0.6 is 0 Å². The number of hydrogen-bond acceptors (Lipinski definition) is 4. The molecule has 0 fully saturated rings. The van der Waals surface area contributed by atoms with Gasteiger partial charge in [-0.2, -0.15) is 0 Å². The number of methoxy groups -OCH3 is 1. The second-order valence-electron chi connectivity index (χ2n) is 2.23. The quantitative estimate of drug-likeness (QED) is 0.449. The third-order valence-electron chi connectivity index (χ3n) is 1.48. The topological polar surface area (TPSA) is 69.4 Å². The molecule has 0 radical (unpaired) electrons. The Morgan fingerprint density at radius 1 is 1.67 bits per heavy atom. The SMILES string of the molecule is COC1=CC([N+](=O)[O-])=CCC1=O. The molecule has 1 rings (SSSR count). The van der Waals surface area contributed by atoms with E-state index in [2.05, 4.69) is 4.74 Å². The fraction of sp³-hybridized carbons (Fsp3) is 0.286. The Hall–Kier alpha value is -1.65. The van der Waals surface area contributed by atoms with Crippen LogP contribution in [0.15, 0.2) is 23.6 Å². The maximum Gasteiger partial charge on any atom is 0.269 e. The first kappa shape index (κ1) is 8.45. The largest absolute Gasteiger partial charge is 0.493 e. The van der Waals surface area contributed by atoms with E-state index in [1.165, 1.54) is 13.2 Å². The van der Waals surface area contributed by atoms with Crippen LogP contribution in [0, 0.1) is 10.1 Å². The lowest BCUT2D eigenvalue weighted by Crippen LogP contribution is -2.11. The van der Waals surface area contributed by atoms with E-state index in [9.17, 15) is 14.9 Å². The molecule has 12 heavy (non-hydrogen) atoms. The van der Waals surface area contributed by atoms with Crippen LogP contribution in [0.25, 0.3) is 0 Å². The van der Waals surface area contributed by atoms with Crippen LogP contribution < -0.4 is 0 Å². The fourth-order valence-corrected chi connectivity index (χ4v) is 0.872. The number of rotatable bonds is 2. The summed E-state index contributed by atoms with van der Waals surface area (Å²) in [4.78, 5) is 20.6. The smallest absolute Gasteiger partial charge is 0.269 e. The van der Waals surface area contributed by atoms with Gasteiger partial charge in [-0.15, -0.1) is 0 Å². The molecule has 0 heterocycles. The van der Waals surface area contributed by atoms with E-state index in [4.69, 9.17) is 0 Å². The highest BCUT2D eigenvalue weighted by Crippen LogP contribution is 2.14. The van der Waals surface area contributed by atoms with Crippen LogP contribution in [-0.4, -0.2) is 17.8 Å². The van der Waals surface area contributed by atoms with E-state index in [0.717, 1.165) is 6.08 Å². The molecule has 1 aliphatic rings. The van der Waals surface area contributed by atoms with E-state index < -0.39 is 4.92 Å². The normalized spacial score (nSPS) is 16.6. The average molecular weight is 169 g/mol. The molecule has 0 aromatic rings. The van der Waals surface area contributed by atoms with Crippen molar-refractivity contribution in [2.75, 3.05) is 7.11 Å². The molecule has 64 valence electrons. The molecule has 5 nitrogen and oxygen atoms in total. The Balaban J connectivity index is 2.92. The molecule has 0 unspecified atom stereocenters. The summed E-state index contributed by atoms with van der Waals surface area (Å²) >= 11 is 0. The van der Waals surface area contributed by atoms with Crippen LogP contribution in [-0.2, 0) is 9.53 Å². The molecule has 0 N–H and O–H groups in total. The van der Waals surface area contributed by atoms with Gasteiger partial charge in [-0.3, -0.25) is 14.9 Å². The van der Waals surface area contributed by atoms with Crippen LogP contribution in [0.5, 0.6) is 0 Å². The number of ether oxygens (including phenoxy) is 1. The van der Waals surface area contributed by atoms with Gasteiger partial charge in [0, 0.05) is 12.5 Å². The maximum absolute atomic E-state index is 10.9. The Labute approximate surface area is 68.5 Å². The summed E-state index contributed by atoms with van der Waals surface area (Å²) in [5, 5.41) is 10.2. The summed E-state index contributed by atoms with van der Waals surface area (Å²) in [6.07, 6.45) is 2.44. The van der Waals surface area contributed by atoms with Gasteiger partial charge in [0.15, 0.2) is 5.76 Å². The van der Waals surface area contributed by atoms with Crippen molar-refractivity contribution in [2.24, 2.45) is 0 Å². The summed E-state index contributed by atoms with van der Waals surface area (Å²) in [6.45, 7) is 0. The third-order valence-corrected chi connectivity index (χ3v) is 1.48. The standard InChI is InChI=1S/C7H7NO4/c1-12-7-4-5(8(10)11)2-3-6(7)9/h2,4H,3H2,1H3. The second-order valence-corrected chi connectivity index (χ2v) is 2.23. The van der Waals surface area contributed by atoms with Gasteiger partial charge in [-0.05, 0) is 0 Å². The highest BCUT2D eigenvalue weighted by Gasteiger charge is 2.20. The summed E-state index contributed by atoms with van der Waals surface area (Å²) in [5.41, 5.74) is -0.0912. The van der Waals surface area contributed by atoms with Crippen molar-refractivity contribution in [3.8, 4) is 0 Å². The van der Waals surface area contributed by atoms with Crippen LogP contribution in [0.2, 0.25) is 0 Å². The Morgan fingerprint density at radius 2 is 2.33 bits per heavy atom. The van der Waals surface area contributed by atoms with Gasteiger partial charge in [0.1, 0.15) is 0 Å². The number of hydrogen-bond donors (Lipinski definition) is 0. The minimum Gasteiger partial charge on any atom is -0.493 e. The summed E-state index contributed by atoms with van der Waals surface area (Å²) in [7, 11) is 1.31. The fourth-order valence-electron chi connectivity index (χ4n) is 0.872. The monoisotopic (exact) mass is 169 g/mol. The zero-order valence-electron chi connectivity index (χ0n) is 6.44. The molecule has 0 amide bonds. The van der Waals surface area contributed by atoms with Crippen molar-refractivity contribution in [1.82, 2.24) is 0 Å². The number of ketones is 1. The lowest BCUT2D eigenvalue weighted by atomic mass is 10.1. The number of Topliss-reactive ketones (excluding diaryl/α,β-unsaturated/α-hetero) is 1. The first-order chi connectivity index (χ1) is 5.65. The van der Waals surface area contributed by atoms with Crippen molar-refractivity contribution in [3.05, 3.63) is 33.7 Å². The Kier molecular flexibility index (Phi) is 2.23. The van der Waals surface area contributed by atoms with Gasteiger partial charge in [-0.1, -0.05) is 0 Å². The predicted octanol–water partition coefficient (Wildman–Crippen LogP) is 0.650. The number of nitro groups is 1. The molecule has 5 heteroatoms. The molecule has 1 aliphatic carbocycles. The van der Waals surface area contributed by atoms with Crippen molar-refractivity contribution >= 4 is 5.78 Å². The molecule has 0 atom stereocenters. The van der Waals surface area contributed by atoms with Gasteiger partial charge in [0.05, 0.1) is 18.1 Å². The van der Waals surface area contributed by atoms with E-state index in [1.807, 2.05) is 0 Å². The minimum absolute atomic E-state index is 0.0377. The summed E-state index contributed by atoms with van der Waals surface area (Å²) < 4.78 is 4.65. The lowest BCUT2D eigenvalue weighted by Gasteiger charge is -2.05. The van der Waals surface area contributed by atoms with Gasteiger partial charge >= 0.3 is 0 Å². The zero-order chi connectivity index (χ0) is 9.14. The van der Waals surface area contributed by atoms with Crippen LogP contribution in [0.3, 0.4) is 0 Å². The Morgan fingerprint density at radius 3 is 2.83 bits per heavy atom. The highest BCUT2D eigenvalue weighted by molar-refractivity contribution is 5.96. The molecule has 0 aromatic heterocycles. The summed E-state index contributed by atoms with van der Waals surface area (Å²) in [5.74, 6) is -0.188. The van der Waals surface area contributed by atoms with Crippen molar-refractivity contribution in [2.45, 2.75) is 6.42 Å². The number of allylic oxidation sites excluding steroid dienone is 3. The average Bonchev–Trinajstić information content (AvgIpc) is 2.05. The summed E-state index contributed by atoms with van der Waals surface area (Å²) in [6, 6.07) is 0. The number of carbonyl (C=O) groups excluding carboxylic acids is 1. The van der Waals surface area contributed by atoms with Crippen LogP contribution in [0.1, 0.15) is 6.42 Å². The van der Waals surface area contributed by atoms with Gasteiger partial charge in [0.2, 0.25) is 5.78 Å². The van der Waals surface area contributed by atoms with Crippen LogP contribution in [0.4, 0.5) is 0 Å². The number of carbonyl (C=O) groups is 1. The second kappa shape index (κ2) is 3.17. The molecule has 0 bridgehead atoms. The van der Waals surface area contributed by atoms with Gasteiger partial charge in [0.25, 0.3) is 5.70 Å². The molecular formula is C7H7NO4. The molecule has 0 aromatic carbocycles. The third kappa shape index (κ3) is 1.50. The lowest BCUT2D eigenvalue weighted by molar-refractivity contribution is -0.419. The molecule has 0 saturated heterocycles. The minimum atomic E-state index is -0.550. The zero-order valence-corrected chi connectivity index (χ0v) is 6.44. The van der Waals surface area contributed by atoms with E-state index in [-0.39, 0.29) is 23.7 Å². The van der Waals surface area contributed by atoms with Gasteiger partial charge < -0.3 is 4.74 Å². The molecular weight excluding hydrogens is 162 g/mol. The number of nitrogens with zero attached hydrogens (tertiary/aromatic N) is 1. The predicted molar refractivity (Wildman–Crippen MR) is 39.8 cm³/mol. The van der Waals surface area contributed by atoms with E-state index >= 15 is 0 Å². The highest BCUT2D eigenvalue weighted by atomic mass is 16.6. The molecule has 0 aliphatic heterocycles. The van der Waals surface area contributed by atoms with E-state index in [0.29, 0.717) is 0 Å². The Bertz CT molecular complexity index is 290. The van der Waals surface area contributed by atoms with Gasteiger partial charge in [-0.25, -0.2) is 0 Å².